The van der Waals surface area contributed by atoms with Gasteiger partial charge in [-0.3, -0.25) is 4.98 Å². The summed E-state index contributed by atoms with van der Waals surface area (Å²) in [6.45, 7) is 6.89. The van der Waals surface area contributed by atoms with Crippen LogP contribution >= 0.6 is 0 Å². The average molecular weight is 547 g/mol. The fraction of sp³-hybridized carbons (Fsp3) is 0.225. The van der Waals surface area contributed by atoms with Crippen LogP contribution in [0, 0.1) is 0 Å². The zero-order chi connectivity index (χ0) is 28.7. The number of allylic oxidation sites excluding steroid dienone is 11. The van der Waals surface area contributed by atoms with Gasteiger partial charge in [0.1, 0.15) is 0 Å². The normalized spacial score (nSPS) is 20.7. The lowest BCUT2D eigenvalue weighted by Crippen LogP contribution is -2.36. The molecule has 7 rings (SSSR count). The first-order valence-electron chi connectivity index (χ1n) is 15.3. The van der Waals surface area contributed by atoms with Crippen LogP contribution in [-0.2, 0) is 5.41 Å². The summed E-state index contributed by atoms with van der Waals surface area (Å²) in [6, 6.07) is 24.6. The van der Waals surface area contributed by atoms with E-state index in [1.807, 2.05) is 12.3 Å². The number of aromatic nitrogens is 1. The van der Waals surface area contributed by atoms with E-state index in [2.05, 4.69) is 135 Å². The molecule has 0 radical (unpaired) electrons. The first-order valence-corrected chi connectivity index (χ1v) is 15.3. The molecule has 0 amide bonds. The first kappa shape index (κ1) is 26.5. The molecule has 42 heavy (non-hydrogen) atoms. The van der Waals surface area contributed by atoms with Crippen molar-refractivity contribution >= 4 is 16.8 Å². The van der Waals surface area contributed by atoms with Crippen molar-refractivity contribution in [2.45, 2.75) is 57.9 Å². The quantitative estimate of drug-likeness (QED) is 0.296. The minimum Gasteiger partial charge on any atom is -0.337 e. The van der Waals surface area contributed by atoms with Gasteiger partial charge in [-0.1, -0.05) is 117 Å². The second-order valence-corrected chi connectivity index (χ2v) is 12.2. The third-order valence-electron chi connectivity index (χ3n) is 9.20. The number of pyridine rings is 1. The van der Waals surface area contributed by atoms with Gasteiger partial charge in [0.15, 0.2) is 0 Å². The lowest BCUT2D eigenvalue weighted by Gasteiger charge is -2.39. The summed E-state index contributed by atoms with van der Waals surface area (Å²) >= 11 is 0. The number of anilines is 1. The molecule has 3 aromatic rings. The average Bonchev–Trinajstić information content (AvgIpc) is 3.17. The summed E-state index contributed by atoms with van der Waals surface area (Å²) in [5.41, 5.74) is 14.8. The molecule has 0 saturated heterocycles. The van der Waals surface area contributed by atoms with E-state index in [4.69, 9.17) is 4.98 Å². The highest BCUT2D eigenvalue weighted by Gasteiger charge is 2.44. The monoisotopic (exact) mass is 546 g/mol. The summed E-state index contributed by atoms with van der Waals surface area (Å²) < 4.78 is 0. The molecule has 1 aliphatic heterocycles. The van der Waals surface area contributed by atoms with E-state index in [0.717, 1.165) is 31.4 Å². The molecule has 2 heterocycles. The van der Waals surface area contributed by atoms with Crippen LogP contribution in [0.2, 0.25) is 0 Å². The molecule has 2 nitrogen and oxygen atoms in total. The number of para-hydroxylation sites is 1. The second-order valence-electron chi connectivity index (χ2n) is 12.2. The van der Waals surface area contributed by atoms with Gasteiger partial charge in [0.25, 0.3) is 0 Å². The number of fused-ring (bicyclic) bond motifs is 5. The van der Waals surface area contributed by atoms with E-state index < -0.39 is 0 Å². The zero-order valence-electron chi connectivity index (χ0n) is 24.8. The van der Waals surface area contributed by atoms with Gasteiger partial charge in [-0.2, -0.15) is 0 Å². The molecule has 4 aliphatic rings. The van der Waals surface area contributed by atoms with Gasteiger partial charge in [-0.15, -0.1) is 0 Å². The van der Waals surface area contributed by atoms with Crippen molar-refractivity contribution in [1.82, 2.24) is 4.98 Å². The van der Waals surface area contributed by atoms with Crippen molar-refractivity contribution < 1.29 is 0 Å². The van der Waals surface area contributed by atoms with Crippen molar-refractivity contribution in [2.24, 2.45) is 0 Å². The summed E-state index contributed by atoms with van der Waals surface area (Å²) in [5, 5.41) is 0. The Morgan fingerprint density at radius 1 is 0.952 bits per heavy atom. The molecule has 1 aromatic heterocycles. The number of nitrogens with zero attached hydrogens (tertiary/aromatic N) is 2. The summed E-state index contributed by atoms with van der Waals surface area (Å²) in [4.78, 5) is 7.46. The molecule has 0 saturated carbocycles. The minimum atomic E-state index is -0.0819. The summed E-state index contributed by atoms with van der Waals surface area (Å²) in [7, 11) is 0. The van der Waals surface area contributed by atoms with Crippen molar-refractivity contribution in [3.05, 3.63) is 166 Å². The van der Waals surface area contributed by atoms with Crippen molar-refractivity contribution in [1.29, 1.82) is 0 Å². The van der Waals surface area contributed by atoms with E-state index in [9.17, 15) is 0 Å². The van der Waals surface area contributed by atoms with Gasteiger partial charge in [-0.05, 0) is 84.2 Å². The van der Waals surface area contributed by atoms with Crippen LogP contribution in [0.1, 0.15) is 68.8 Å². The standard InChI is InChI=1S/C40H38N2/c1-4-5-6-7-16-28-25-29(35-21-14-15-24-41-35)27-30(26-28)42-36-22-12-9-18-32(36)38-31-17-8-11-20-34(31)40(2,3)39(38)33-19-10-13-23-37(33)42/h4-12,14-15,17-22,24-25,27,30H,13,16,23,26H2,1-3H3/b5-4-,7-6-. The maximum absolute atomic E-state index is 4.77. The fourth-order valence-electron chi connectivity index (χ4n) is 7.40. The third-order valence-corrected chi connectivity index (χ3v) is 9.20. The Hall–Kier alpha value is -4.43. The molecule has 3 aliphatic carbocycles. The molecule has 1 atom stereocenters. The SMILES string of the molecule is C/C=C\C=C/CC1=CC(c2ccccn2)=CC(N2C3=C(C=CCC3)C3=C(c4ccccc42)c2ccccc2C3(C)C)C1. The summed E-state index contributed by atoms with van der Waals surface area (Å²) in [6.07, 6.45) is 24.2. The molecular weight excluding hydrogens is 508 g/mol. The molecule has 0 N–H and O–H groups in total. The van der Waals surface area contributed by atoms with Gasteiger partial charge in [0, 0.05) is 28.6 Å². The van der Waals surface area contributed by atoms with E-state index >= 15 is 0 Å². The topological polar surface area (TPSA) is 16.1 Å². The van der Waals surface area contributed by atoms with Crippen molar-refractivity contribution in [3.8, 4) is 0 Å². The molecule has 0 spiro atoms. The maximum atomic E-state index is 4.77. The van der Waals surface area contributed by atoms with Crippen LogP contribution in [0.5, 0.6) is 0 Å². The van der Waals surface area contributed by atoms with Crippen LogP contribution in [0.25, 0.3) is 11.1 Å². The van der Waals surface area contributed by atoms with Gasteiger partial charge in [0.05, 0.1) is 11.7 Å². The number of benzene rings is 2. The predicted octanol–water partition coefficient (Wildman–Crippen LogP) is 9.90. The fourth-order valence-corrected chi connectivity index (χ4v) is 7.40. The molecule has 0 fully saturated rings. The first-order chi connectivity index (χ1) is 20.6. The Labute approximate surface area is 250 Å². The van der Waals surface area contributed by atoms with Gasteiger partial charge < -0.3 is 4.90 Å². The number of rotatable bonds is 5. The second kappa shape index (κ2) is 10.8. The van der Waals surface area contributed by atoms with E-state index in [-0.39, 0.29) is 11.5 Å². The van der Waals surface area contributed by atoms with E-state index in [1.54, 1.807) is 0 Å². The van der Waals surface area contributed by atoms with Crippen LogP contribution in [0.3, 0.4) is 0 Å². The molecular formula is C40H38N2. The van der Waals surface area contributed by atoms with E-state index in [0.29, 0.717) is 0 Å². The van der Waals surface area contributed by atoms with Crippen LogP contribution in [0.15, 0.2) is 144 Å². The lowest BCUT2D eigenvalue weighted by molar-refractivity contribution is 0.638. The van der Waals surface area contributed by atoms with Gasteiger partial charge in [0.2, 0.25) is 0 Å². The molecule has 1 unspecified atom stereocenters. The van der Waals surface area contributed by atoms with Gasteiger partial charge >= 0.3 is 0 Å². The number of hydrogen-bond acceptors (Lipinski definition) is 2. The van der Waals surface area contributed by atoms with Crippen LogP contribution in [-0.4, -0.2) is 11.0 Å². The highest BCUT2D eigenvalue weighted by molar-refractivity contribution is 5.99. The Bertz CT molecular complexity index is 1750. The van der Waals surface area contributed by atoms with Crippen LogP contribution < -0.4 is 4.90 Å². The molecule has 0 bridgehead atoms. The number of hydrogen-bond donors (Lipinski definition) is 0. The van der Waals surface area contributed by atoms with Crippen molar-refractivity contribution in [2.75, 3.05) is 4.90 Å². The molecule has 2 heteroatoms. The largest absolute Gasteiger partial charge is 0.337 e. The molecule has 208 valence electrons. The van der Waals surface area contributed by atoms with Gasteiger partial charge in [-0.25, -0.2) is 0 Å². The Balaban J connectivity index is 1.43. The Morgan fingerprint density at radius 3 is 2.60 bits per heavy atom. The Kier molecular flexibility index (Phi) is 6.78. The zero-order valence-corrected chi connectivity index (χ0v) is 24.8. The lowest BCUT2D eigenvalue weighted by atomic mass is 9.76. The third kappa shape index (κ3) is 4.38. The maximum Gasteiger partial charge on any atom is 0.0699 e. The smallest absolute Gasteiger partial charge is 0.0699 e. The minimum absolute atomic E-state index is 0.0819. The highest BCUT2D eigenvalue weighted by Crippen LogP contribution is 2.56. The summed E-state index contributed by atoms with van der Waals surface area (Å²) in [5.74, 6) is 0. The van der Waals surface area contributed by atoms with Crippen molar-refractivity contribution in [3.63, 3.8) is 0 Å². The molecule has 2 aromatic carbocycles. The Morgan fingerprint density at radius 2 is 1.76 bits per heavy atom. The predicted molar refractivity (Wildman–Crippen MR) is 177 cm³/mol. The van der Waals surface area contributed by atoms with Crippen LogP contribution in [0.4, 0.5) is 5.69 Å². The highest BCUT2D eigenvalue weighted by atomic mass is 15.2. The van der Waals surface area contributed by atoms with E-state index in [1.165, 1.54) is 55.9 Å².